The molecule has 0 radical (unpaired) electrons. The van der Waals surface area contributed by atoms with E-state index in [1.54, 1.807) is 30.2 Å². The summed E-state index contributed by atoms with van der Waals surface area (Å²) in [6.45, 7) is 4.37. The number of carbonyl (C=O) groups excluding carboxylic acids is 3. The van der Waals surface area contributed by atoms with Gasteiger partial charge >= 0.3 is 0 Å². The van der Waals surface area contributed by atoms with Gasteiger partial charge in [0.15, 0.2) is 0 Å². The topological polar surface area (TPSA) is 127 Å². The lowest BCUT2D eigenvalue weighted by atomic mass is 9.67. The van der Waals surface area contributed by atoms with Gasteiger partial charge in [0.05, 0.1) is 23.7 Å². The van der Waals surface area contributed by atoms with Crippen molar-refractivity contribution >= 4 is 40.2 Å². The number of likely N-dealkylation sites (tertiary alicyclic amines) is 1. The smallest absolute Gasteiger partial charge is 0.271 e. The van der Waals surface area contributed by atoms with Crippen molar-refractivity contribution in [2.75, 3.05) is 13.7 Å². The minimum Gasteiger partial charge on any atom is -0.496 e. The van der Waals surface area contributed by atoms with Crippen LogP contribution in [0.25, 0.3) is 10.9 Å². The predicted molar refractivity (Wildman–Crippen MR) is 138 cm³/mol. The second-order valence-corrected chi connectivity index (χ2v) is 11.8. The quantitative estimate of drug-likeness (QED) is 0.531. The van der Waals surface area contributed by atoms with E-state index in [9.17, 15) is 19.6 Å². The zero-order chi connectivity index (χ0) is 26.5. The number of hydrogen-bond acceptors (Lipinski definition) is 5. The van der Waals surface area contributed by atoms with Crippen LogP contribution >= 0.6 is 11.6 Å². The minimum absolute atomic E-state index is 0.0729. The molecule has 2 saturated heterocycles. The van der Waals surface area contributed by atoms with Gasteiger partial charge in [-0.3, -0.25) is 14.4 Å². The van der Waals surface area contributed by atoms with Crippen molar-refractivity contribution in [1.29, 1.82) is 5.26 Å². The SMILES string of the molecule is COc1ccc(Cl)c2[nH]c(C(=O)N3CC4(CCC4)C[C@H]3C(=O)N[C@H](C#N)C[C@@H]3CC(C)(C)NC3=O)cc12. The zero-order valence-corrected chi connectivity index (χ0v) is 22.1. The van der Waals surface area contributed by atoms with Crippen LogP contribution in [0.3, 0.4) is 0 Å². The lowest BCUT2D eigenvalue weighted by Gasteiger charge is -2.37. The molecule has 3 amide bonds. The number of fused-ring (bicyclic) bond motifs is 1. The highest BCUT2D eigenvalue weighted by Gasteiger charge is 2.52. The molecule has 1 aromatic heterocycles. The Morgan fingerprint density at radius 1 is 1.32 bits per heavy atom. The molecule has 1 aliphatic carbocycles. The fraction of sp³-hybridized carbons (Fsp3) is 0.556. The van der Waals surface area contributed by atoms with E-state index >= 15 is 0 Å². The molecule has 5 rings (SSSR count). The summed E-state index contributed by atoms with van der Waals surface area (Å²) >= 11 is 6.36. The van der Waals surface area contributed by atoms with Crippen molar-refractivity contribution in [3.05, 3.63) is 28.9 Å². The van der Waals surface area contributed by atoms with E-state index < -0.39 is 12.1 Å². The molecule has 0 bridgehead atoms. The van der Waals surface area contributed by atoms with E-state index in [0.29, 0.717) is 46.8 Å². The molecule has 196 valence electrons. The molecule has 0 unspecified atom stereocenters. The van der Waals surface area contributed by atoms with E-state index in [1.807, 2.05) is 13.8 Å². The third kappa shape index (κ3) is 4.63. The molecular weight excluding hydrogens is 494 g/mol. The molecule has 3 fully saturated rings. The van der Waals surface area contributed by atoms with Crippen LogP contribution in [0, 0.1) is 22.7 Å². The minimum atomic E-state index is -0.816. The van der Waals surface area contributed by atoms with Crippen molar-refractivity contribution in [3.8, 4) is 11.8 Å². The van der Waals surface area contributed by atoms with Gasteiger partial charge in [-0.2, -0.15) is 5.26 Å². The Morgan fingerprint density at radius 3 is 2.68 bits per heavy atom. The molecule has 3 atom stereocenters. The van der Waals surface area contributed by atoms with Crippen molar-refractivity contribution in [2.24, 2.45) is 11.3 Å². The second-order valence-electron chi connectivity index (χ2n) is 11.4. The summed E-state index contributed by atoms with van der Waals surface area (Å²) in [5.41, 5.74) is 0.529. The van der Waals surface area contributed by atoms with Crippen molar-refractivity contribution in [1.82, 2.24) is 20.5 Å². The maximum Gasteiger partial charge on any atom is 0.271 e. The van der Waals surface area contributed by atoms with Crippen LogP contribution in [0.15, 0.2) is 18.2 Å². The second kappa shape index (κ2) is 9.25. The number of hydrogen-bond donors (Lipinski definition) is 3. The summed E-state index contributed by atoms with van der Waals surface area (Å²) < 4.78 is 5.42. The average Bonchev–Trinajstić information content (AvgIpc) is 3.52. The molecule has 9 nitrogen and oxygen atoms in total. The monoisotopic (exact) mass is 525 g/mol. The average molecular weight is 526 g/mol. The summed E-state index contributed by atoms with van der Waals surface area (Å²) in [7, 11) is 1.56. The van der Waals surface area contributed by atoms with Crippen LogP contribution in [0.4, 0.5) is 0 Å². The molecule has 3 aliphatic rings. The summed E-state index contributed by atoms with van der Waals surface area (Å²) in [6.07, 6.45) is 4.40. The van der Waals surface area contributed by atoms with Crippen LogP contribution in [0.2, 0.25) is 5.02 Å². The lowest BCUT2D eigenvalue weighted by Crippen LogP contribution is -2.49. The maximum absolute atomic E-state index is 13.7. The first-order valence-corrected chi connectivity index (χ1v) is 13.1. The molecule has 10 heteroatoms. The van der Waals surface area contributed by atoms with Gasteiger partial charge in [-0.25, -0.2) is 0 Å². The number of methoxy groups -OCH3 is 1. The molecule has 3 heterocycles. The van der Waals surface area contributed by atoms with Gasteiger partial charge in [-0.1, -0.05) is 18.0 Å². The van der Waals surface area contributed by atoms with Gasteiger partial charge in [0.25, 0.3) is 5.91 Å². The van der Waals surface area contributed by atoms with Gasteiger partial charge in [-0.15, -0.1) is 0 Å². The molecule has 1 aromatic carbocycles. The number of amides is 3. The highest BCUT2D eigenvalue weighted by Crippen LogP contribution is 2.50. The molecule has 2 aliphatic heterocycles. The first-order valence-electron chi connectivity index (χ1n) is 12.7. The number of benzene rings is 1. The number of aromatic amines is 1. The van der Waals surface area contributed by atoms with E-state index in [2.05, 4.69) is 21.7 Å². The molecule has 2 aromatic rings. The van der Waals surface area contributed by atoms with E-state index in [-0.39, 0.29) is 41.0 Å². The van der Waals surface area contributed by atoms with Gasteiger partial charge in [0, 0.05) is 23.4 Å². The highest BCUT2D eigenvalue weighted by atomic mass is 35.5. The third-order valence-corrected chi connectivity index (χ3v) is 8.54. The van der Waals surface area contributed by atoms with Crippen molar-refractivity contribution < 1.29 is 19.1 Å². The molecule has 37 heavy (non-hydrogen) atoms. The number of ether oxygens (including phenoxy) is 1. The number of nitrogens with zero attached hydrogens (tertiary/aromatic N) is 2. The summed E-state index contributed by atoms with van der Waals surface area (Å²) in [6, 6.07) is 5.79. The Balaban J connectivity index is 1.36. The Morgan fingerprint density at radius 2 is 2.08 bits per heavy atom. The van der Waals surface area contributed by atoms with Crippen molar-refractivity contribution in [3.63, 3.8) is 0 Å². The number of aromatic nitrogens is 1. The molecule has 1 saturated carbocycles. The van der Waals surface area contributed by atoms with Gasteiger partial charge in [0.1, 0.15) is 23.5 Å². The summed E-state index contributed by atoms with van der Waals surface area (Å²) in [5.74, 6) is -0.489. The van der Waals surface area contributed by atoms with Crippen LogP contribution in [-0.4, -0.2) is 58.9 Å². The molecule has 3 N–H and O–H groups in total. The fourth-order valence-electron chi connectivity index (χ4n) is 6.23. The lowest BCUT2D eigenvalue weighted by molar-refractivity contribution is -0.126. The number of halogens is 1. The van der Waals surface area contributed by atoms with E-state index in [4.69, 9.17) is 16.3 Å². The third-order valence-electron chi connectivity index (χ3n) is 8.22. The van der Waals surface area contributed by atoms with Crippen molar-refractivity contribution in [2.45, 2.75) is 70.0 Å². The first kappa shape index (κ1) is 25.4. The summed E-state index contributed by atoms with van der Waals surface area (Å²) in [4.78, 5) is 44.3. The van der Waals surface area contributed by atoms with E-state index in [0.717, 1.165) is 19.3 Å². The van der Waals surface area contributed by atoms with Crippen LogP contribution < -0.4 is 15.4 Å². The fourth-order valence-corrected chi connectivity index (χ4v) is 6.44. The highest BCUT2D eigenvalue weighted by molar-refractivity contribution is 6.35. The van der Waals surface area contributed by atoms with Gasteiger partial charge in [0.2, 0.25) is 11.8 Å². The Kier molecular flexibility index (Phi) is 6.35. The van der Waals surface area contributed by atoms with Crippen LogP contribution in [0.1, 0.15) is 62.9 Å². The van der Waals surface area contributed by atoms with Crippen LogP contribution in [0.5, 0.6) is 5.75 Å². The van der Waals surface area contributed by atoms with Crippen LogP contribution in [-0.2, 0) is 9.59 Å². The maximum atomic E-state index is 13.7. The first-order chi connectivity index (χ1) is 17.5. The molecular formula is C27H32ClN5O4. The Hall–Kier alpha value is -3.25. The molecule has 1 spiro atoms. The Bertz CT molecular complexity index is 1310. The standard InChI is InChI=1S/C27H32ClN5O4/c1-26(2)11-15(23(34)32-26)9-16(13-29)30-24(35)20-12-27(7-4-8-27)14-33(20)25(36)19-10-17-21(37-3)6-5-18(28)22(17)31-19/h5-6,10,15-16,20,31H,4,7-9,11-12,14H2,1-3H3,(H,30,35)(H,32,34)/t15-,16+,20+/m1/s1. The van der Waals surface area contributed by atoms with Gasteiger partial charge < -0.3 is 25.3 Å². The van der Waals surface area contributed by atoms with Gasteiger partial charge in [-0.05, 0) is 69.6 Å². The number of H-pyrrole nitrogens is 1. The number of rotatable bonds is 6. The predicted octanol–water partition coefficient (Wildman–Crippen LogP) is 3.53. The Labute approximate surface area is 220 Å². The zero-order valence-electron chi connectivity index (χ0n) is 21.3. The number of nitriles is 1. The summed E-state index contributed by atoms with van der Waals surface area (Å²) in [5, 5.41) is 16.7. The number of nitrogens with one attached hydrogen (secondary N) is 3. The van der Waals surface area contributed by atoms with E-state index in [1.165, 1.54) is 0 Å². The largest absolute Gasteiger partial charge is 0.496 e. The normalized spacial score (nSPS) is 24.4. The number of carbonyl (C=O) groups is 3.